The monoisotopic (exact) mass is 413 g/mol. The summed E-state index contributed by atoms with van der Waals surface area (Å²) in [6.07, 6.45) is -2.36. The molecule has 0 unspecified atom stereocenters. The highest BCUT2D eigenvalue weighted by molar-refractivity contribution is 14.1. The van der Waals surface area contributed by atoms with E-state index in [1.54, 1.807) is 34.7 Å². The highest BCUT2D eigenvalue weighted by Gasteiger charge is 2.31. The van der Waals surface area contributed by atoms with E-state index in [9.17, 15) is 18.0 Å². The van der Waals surface area contributed by atoms with Crippen LogP contribution in [0.2, 0.25) is 0 Å². The minimum absolute atomic E-state index is 0.0689. The van der Waals surface area contributed by atoms with Crippen LogP contribution in [0.3, 0.4) is 0 Å². The molecule has 2 atom stereocenters. The average Bonchev–Trinajstić information content (AvgIpc) is 2.37. The number of rotatable bonds is 4. The summed E-state index contributed by atoms with van der Waals surface area (Å²) >= 11 is 1.80. The number of hydrogen-bond acceptors (Lipinski definition) is 3. The highest BCUT2D eigenvalue weighted by atomic mass is 127. The minimum atomic E-state index is -4.67. The van der Waals surface area contributed by atoms with Crippen LogP contribution in [0.4, 0.5) is 13.2 Å². The van der Waals surface area contributed by atoms with E-state index in [0.29, 0.717) is 12.3 Å². The number of alkyl halides is 3. The molecule has 0 amide bonds. The Balaban J connectivity index is 1.99. The molecule has 3 nitrogen and oxygen atoms in total. The number of nitrogens with one attached hydrogen (secondary N) is 1. The summed E-state index contributed by atoms with van der Waals surface area (Å²) in [5, 5.41) is 3.33. The van der Waals surface area contributed by atoms with Crippen molar-refractivity contribution >= 4 is 26.4 Å². The molecule has 0 saturated carbocycles. The zero-order chi connectivity index (χ0) is 15.5. The lowest BCUT2D eigenvalue weighted by Gasteiger charge is -2.30. The molecule has 1 aromatic rings. The Morgan fingerprint density at radius 2 is 2.00 bits per heavy atom. The van der Waals surface area contributed by atoms with Crippen molar-refractivity contribution in [3.63, 3.8) is 0 Å². The van der Waals surface area contributed by atoms with E-state index in [0.717, 1.165) is 24.9 Å². The van der Waals surface area contributed by atoms with Crippen LogP contribution in [-0.2, 0) is 4.79 Å². The molecule has 0 bridgehead atoms. The predicted octanol–water partition coefficient (Wildman–Crippen LogP) is 3.98. The van der Waals surface area contributed by atoms with Crippen molar-refractivity contribution < 1.29 is 22.7 Å². The number of halogens is 4. The van der Waals surface area contributed by atoms with Crippen molar-refractivity contribution in [2.75, 3.05) is 6.54 Å². The maximum absolute atomic E-state index is 12.1. The summed E-state index contributed by atoms with van der Waals surface area (Å²) in [6.45, 7) is 0.806. The quantitative estimate of drug-likeness (QED) is 0.600. The summed E-state index contributed by atoms with van der Waals surface area (Å²) in [4.78, 5) is 11.2. The number of carbonyl (C=O) groups is 1. The minimum Gasteiger partial charge on any atom is -0.406 e. The van der Waals surface area contributed by atoms with Gasteiger partial charge in [-0.2, -0.15) is 0 Å². The van der Waals surface area contributed by atoms with Crippen LogP contribution in [0, 0.1) is 5.92 Å². The van der Waals surface area contributed by atoms with Gasteiger partial charge in [-0.25, -0.2) is 0 Å². The Kier molecular flexibility index (Phi) is 5.48. The fourth-order valence-corrected chi connectivity index (χ4v) is 3.19. The number of carbonyl (C=O) groups excluding carboxylic acids is 1. The Morgan fingerprint density at radius 1 is 1.33 bits per heavy atom. The maximum atomic E-state index is 12.1. The van der Waals surface area contributed by atoms with Crippen molar-refractivity contribution in [2.24, 2.45) is 5.92 Å². The van der Waals surface area contributed by atoms with Crippen molar-refractivity contribution in [3.8, 4) is 5.75 Å². The van der Waals surface area contributed by atoms with Gasteiger partial charge in [0.2, 0.25) is 0 Å². The molecule has 2 rings (SSSR count). The second kappa shape index (κ2) is 6.95. The summed E-state index contributed by atoms with van der Waals surface area (Å²) in [5.74, 6) is 0.104. The Labute approximate surface area is 134 Å². The molecule has 0 aromatic heterocycles. The summed E-state index contributed by atoms with van der Waals surface area (Å²) in [5.41, 5.74) is 0.912. The molecule has 1 saturated heterocycles. The van der Waals surface area contributed by atoms with Gasteiger partial charge in [-0.05, 0) is 65.6 Å². The van der Waals surface area contributed by atoms with Crippen LogP contribution in [0.15, 0.2) is 24.3 Å². The molecule has 1 N–H and O–H groups in total. The first-order chi connectivity index (χ1) is 9.83. The van der Waals surface area contributed by atoms with E-state index < -0.39 is 6.36 Å². The summed E-state index contributed by atoms with van der Waals surface area (Å²) < 4.78 is 40.3. The molecule has 1 aromatic carbocycles. The van der Waals surface area contributed by atoms with Gasteiger partial charge in [-0.3, -0.25) is 4.79 Å². The number of ether oxygens (including phenoxy) is 1. The van der Waals surface area contributed by atoms with Crippen LogP contribution in [0.25, 0.3) is 0 Å². The van der Waals surface area contributed by atoms with Crippen molar-refractivity contribution in [1.82, 2.24) is 5.32 Å². The average molecular weight is 413 g/mol. The molecule has 1 aliphatic heterocycles. The maximum Gasteiger partial charge on any atom is 0.573 e. The predicted molar refractivity (Wildman–Crippen MR) is 80.2 cm³/mol. The van der Waals surface area contributed by atoms with Gasteiger partial charge in [-0.15, -0.1) is 13.2 Å². The summed E-state index contributed by atoms with van der Waals surface area (Å²) in [6, 6.07) is 5.97. The van der Waals surface area contributed by atoms with E-state index in [1.807, 2.05) is 0 Å². The highest BCUT2D eigenvalue weighted by Crippen LogP contribution is 2.31. The van der Waals surface area contributed by atoms with Crippen LogP contribution in [0.1, 0.15) is 30.9 Å². The molecular formula is C14H15F3INO2. The lowest BCUT2D eigenvalue weighted by atomic mass is 9.87. The van der Waals surface area contributed by atoms with Gasteiger partial charge in [0.25, 0.3) is 0 Å². The number of benzene rings is 1. The standard InChI is InChI=1S/C14H15F3INO2/c15-14(16,17)21-11-3-1-10(2-4-11)12-7-9(5-6-19-12)8-13(18)20/h1-4,9,12,19H,5-8H2/t9-,12+/m0/s1. The topological polar surface area (TPSA) is 38.3 Å². The molecule has 116 valence electrons. The SMILES string of the molecule is O=C(I)C[C@H]1CCN[C@@H](c2ccc(OC(F)(F)F)cc2)C1. The van der Waals surface area contributed by atoms with E-state index in [-0.39, 0.29) is 15.6 Å². The van der Waals surface area contributed by atoms with Gasteiger partial charge in [0.05, 0.1) is 0 Å². The van der Waals surface area contributed by atoms with Crippen LogP contribution < -0.4 is 10.1 Å². The van der Waals surface area contributed by atoms with E-state index >= 15 is 0 Å². The first kappa shape index (κ1) is 16.5. The Hall–Kier alpha value is -0.830. The zero-order valence-corrected chi connectivity index (χ0v) is 13.3. The van der Waals surface area contributed by atoms with Gasteiger partial charge in [0.1, 0.15) is 5.75 Å². The van der Waals surface area contributed by atoms with Gasteiger partial charge >= 0.3 is 6.36 Å². The van der Waals surface area contributed by atoms with Crippen molar-refractivity contribution in [3.05, 3.63) is 29.8 Å². The zero-order valence-electron chi connectivity index (χ0n) is 11.1. The van der Waals surface area contributed by atoms with Crippen molar-refractivity contribution in [1.29, 1.82) is 0 Å². The normalized spacial score (nSPS) is 22.9. The third-order valence-corrected chi connectivity index (χ3v) is 3.92. The summed E-state index contributed by atoms with van der Waals surface area (Å²) in [7, 11) is 0. The largest absolute Gasteiger partial charge is 0.573 e. The first-order valence-electron chi connectivity index (χ1n) is 6.61. The van der Waals surface area contributed by atoms with Crippen LogP contribution in [0.5, 0.6) is 5.75 Å². The molecule has 7 heteroatoms. The third kappa shape index (κ3) is 5.46. The molecule has 1 fully saturated rings. The van der Waals surface area contributed by atoms with Gasteiger partial charge in [0.15, 0.2) is 3.79 Å². The fraction of sp³-hybridized carbons (Fsp3) is 0.500. The van der Waals surface area contributed by atoms with E-state index in [4.69, 9.17) is 0 Å². The van der Waals surface area contributed by atoms with Gasteiger partial charge in [0, 0.05) is 12.5 Å². The first-order valence-corrected chi connectivity index (χ1v) is 7.69. The smallest absolute Gasteiger partial charge is 0.406 e. The van der Waals surface area contributed by atoms with Crippen LogP contribution in [-0.4, -0.2) is 16.7 Å². The molecule has 1 aliphatic rings. The molecule has 0 radical (unpaired) electrons. The van der Waals surface area contributed by atoms with Gasteiger partial charge < -0.3 is 10.1 Å². The molecular weight excluding hydrogens is 398 g/mol. The van der Waals surface area contributed by atoms with Gasteiger partial charge in [-0.1, -0.05) is 12.1 Å². The lowest BCUT2D eigenvalue weighted by Crippen LogP contribution is -2.32. The second-order valence-corrected chi connectivity index (χ2v) is 6.28. The molecule has 0 spiro atoms. The number of piperidine rings is 1. The third-order valence-electron chi connectivity index (χ3n) is 3.48. The fourth-order valence-electron chi connectivity index (χ4n) is 2.56. The van der Waals surface area contributed by atoms with E-state index in [2.05, 4.69) is 10.1 Å². The van der Waals surface area contributed by atoms with Crippen molar-refractivity contribution in [2.45, 2.75) is 31.7 Å². The Morgan fingerprint density at radius 3 is 2.57 bits per heavy atom. The second-order valence-electron chi connectivity index (χ2n) is 5.07. The lowest BCUT2D eigenvalue weighted by molar-refractivity contribution is -0.274. The molecule has 21 heavy (non-hydrogen) atoms. The van der Waals surface area contributed by atoms with E-state index in [1.165, 1.54) is 12.1 Å². The van der Waals surface area contributed by atoms with Crippen LogP contribution >= 0.6 is 22.6 Å². The Bertz CT molecular complexity index is 490. The number of hydrogen-bond donors (Lipinski definition) is 1. The molecule has 0 aliphatic carbocycles. The molecule has 1 heterocycles.